The van der Waals surface area contributed by atoms with Gasteiger partial charge >= 0.3 is 0 Å². The lowest BCUT2D eigenvalue weighted by Gasteiger charge is -2.44. The summed E-state index contributed by atoms with van der Waals surface area (Å²) in [6.07, 6.45) is -0.995. The zero-order valence-electron chi connectivity index (χ0n) is 20.7. The lowest BCUT2D eigenvalue weighted by molar-refractivity contribution is -0.148. The van der Waals surface area contributed by atoms with Crippen molar-refractivity contribution in [1.82, 2.24) is 9.80 Å². The van der Waals surface area contributed by atoms with E-state index in [9.17, 15) is 29.4 Å². The second-order valence-electron chi connectivity index (χ2n) is 9.97. The normalized spacial score (nSPS) is 27.9. The summed E-state index contributed by atoms with van der Waals surface area (Å²) in [6.45, 7) is 3.07. The number of amides is 3. The SMILES string of the molecule is CC(O)C(C(N)=O)N1C(C(=O)C2CCCN2C(=O)[C@@H](N)[C@@H](C)O)CCC1(Cc1ccccc1)C(N)=O. The van der Waals surface area contributed by atoms with Gasteiger partial charge < -0.3 is 32.3 Å². The molecule has 7 atom stereocenters. The predicted octanol–water partition coefficient (Wildman–Crippen LogP) is -1.58. The van der Waals surface area contributed by atoms with E-state index in [0.29, 0.717) is 19.4 Å². The molecule has 0 radical (unpaired) electrons. The van der Waals surface area contributed by atoms with E-state index in [-0.39, 0.29) is 25.0 Å². The van der Waals surface area contributed by atoms with Crippen molar-refractivity contribution in [2.45, 2.75) is 87.9 Å². The summed E-state index contributed by atoms with van der Waals surface area (Å²) in [5.74, 6) is -2.54. The molecule has 2 saturated heterocycles. The number of aliphatic hydroxyl groups excluding tert-OH is 2. The van der Waals surface area contributed by atoms with Gasteiger partial charge in [0, 0.05) is 6.54 Å². The van der Waals surface area contributed by atoms with E-state index in [1.165, 1.54) is 23.6 Å². The van der Waals surface area contributed by atoms with Crippen LogP contribution in [0.2, 0.25) is 0 Å². The van der Waals surface area contributed by atoms with E-state index in [1.54, 1.807) is 12.1 Å². The number of nitrogens with two attached hydrogens (primary N) is 3. The van der Waals surface area contributed by atoms with Gasteiger partial charge in [-0.05, 0) is 51.5 Å². The van der Waals surface area contributed by atoms with Gasteiger partial charge in [-0.25, -0.2) is 0 Å². The number of hydrogen-bond donors (Lipinski definition) is 5. The molecule has 8 N–H and O–H groups in total. The van der Waals surface area contributed by atoms with Gasteiger partial charge in [0.15, 0.2) is 5.78 Å². The van der Waals surface area contributed by atoms with E-state index in [1.807, 2.05) is 18.2 Å². The molecule has 11 nitrogen and oxygen atoms in total. The van der Waals surface area contributed by atoms with Crippen LogP contribution in [0.3, 0.4) is 0 Å². The molecule has 11 heteroatoms. The molecular weight excluding hydrogens is 466 g/mol. The molecule has 2 aliphatic rings. The highest BCUT2D eigenvalue weighted by molar-refractivity contribution is 5.97. The Morgan fingerprint density at radius 1 is 1.03 bits per heavy atom. The highest BCUT2D eigenvalue weighted by atomic mass is 16.3. The topological polar surface area (TPSA) is 193 Å². The molecule has 198 valence electrons. The predicted molar refractivity (Wildman–Crippen MR) is 131 cm³/mol. The monoisotopic (exact) mass is 503 g/mol. The van der Waals surface area contributed by atoms with E-state index in [0.717, 1.165) is 5.56 Å². The molecule has 0 saturated carbocycles. The number of Topliss-reactive ketones (excluding diaryl/α,β-unsaturated/α-hetero) is 1. The molecule has 0 aliphatic carbocycles. The molecular formula is C25H37N5O6. The Labute approximate surface area is 210 Å². The Hall–Kier alpha value is -2.86. The third-order valence-corrected chi connectivity index (χ3v) is 7.51. The maximum absolute atomic E-state index is 14.0. The summed E-state index contributed by atoms with van der Waals surface area (Å²) in [4.78, 5) is 55.2. The maximum Gasteiger partial charge on any atom is 0.242 e. The number of ketones is 1. The van der Waals surface area contributed by atoms with Gasteiger partial charge in [0.05, 0.1) is 24.3 Å². The number of primary amides is 2. The Morgan fingerprint density at radius 3 is 2.19 bits per heavy atom. The minimum absolute atomic E-state index is 0.115. The van der Waals surface area contributed by atoms with Gasteiger partial charge in [0.1, 0.15) is 17.6 Å². The number of rotatable bonds is 10. The fourth-order valence-electron chi connectivity index (χ4n) is 5.69. The van der Waals surface area contributed by atoms with Gasteiger partial charge in [-0.3, -0.25) is 24.1 Å². The molecule has 1 aromatic rings. The van der Waals surface area contributed by atoms with Gasteiger partial charge in [-0.15, -0.1) is 0 Å². The van der Waals surface area contributed by atoms with Crippen LogP contribution in [0, 0.1) is 0 Å². The number of nitrogens with zero attached hydrogens (tertiary/aromatic N) is 2. The minimum atomic E-state index is -1.46. The highest BCUT2D eigenvalue weighted by Gasteiger charge is 2.58. The van der Waals surface area contributed by atoms with Gasteiger partial charge in [0.2, 0.25) is 17.7 Å². The largest absolute Gasteiger partial charge is 0.391 e. The molecule has 0 bridgehead atoms. The first-order valence-corrected chi connectivity index (χ1v) is 12.3. The van der Waals surface area contributed by atoms with Crippen LogP contribution >= 0.6 is 0 Å². The number of hydrogen-bond acceptors (Lipinski definition) is 8. The quantitative estimate of drug-likeness (QED) is 0.252. The van der Waals surface area contributed by atoms with Crippen LogP contribution < -0.4 is 17.2 Å². The zero-order chi connectivity index (χ0) is 26.8. The molecule has 0 aromatic heterocycles. The molecule has 0 spiro atoms. The molecule has 5 unspecified atom stereocenters. The van der Waals surface area contributed by atoms with Crippen LogP contribution in [0.25, 0.3) is 0 Å². The molecule has 1 aromatic carbocycles. The summed E-state index contributed by atoms with van der Waals surface area (Å²) >= 11 is 0. The van der Waals surface area contributed by atoms with Gasteiger partial charge in [-0.1, -0.05) is 30.3 Å². The van der Waals surface area contributed by atoms with Crippen molar-refractivity contribution in [3.63, 3.8) is 0 Å². The Balaban J connectivity index is 2.04. The van der Waals surface area contributed by atoms with E-state index >= 15 is 0 Å². The number of carbonyl (C=O) groups is 4. The van der Waals surface area contributed by atoms with Crippen LogP contribution in [0.15, 0.2) is 30.3 Å². The van der Waals surface area contributed by atoms with Crippen molar-refractivity contribution in [3.05, 3.63) is 35.9 Å². The number of carbonyl (C=O) groups excluding carboxylic acids is 4. The smallest absolute Gasteiger partial charge is 0.242 e. The first kappa shape index (κ1) is 27.7. The van der Waals surface area contributed by atoms with Crippen LogP contribution in [0.5, 0.6) is 0 Å². The maximum atomic E-state index is 14.0. The molecule has 36 heavy (non-hydrogen) atoms. The molecule has 3 rings (SSSR count). The average Bonchev–Trinajstić information content (AvgIpc) is 3.44. The fourth-order valence-corrected chi connectivity index (χ4v) is 5.69. The lowest BCUT2D eigenvalue weighted by atomic mass is 9.85. The minimum Gasteiger partial charge on any atom is -0.391 e. The van der Waals surface area contributed by atoms with Gasteiger partial charge in [0.25, 0.3) is 0 Å². The van der Waals surface area contributed by atoms with Gasteiger partial charge in [-0.2, -0.15) is 0 Å². The second-order valence-corrected chi connectivity index (χ2v) is 9.97. The third-order valence-electron chi connectivity index (χ3n) is 7.51. The standard InChI is InChI=1S/C25H37N5O6/c1-14(31)19(26)23(35)29-12-6-9-17(29)21(33)18-10-11-25(24(28)36,13-16-7-4-3-5-8-16)30(18)20(15(2)32)22(27)34/h3-5,7-8,14-15,17-20,31-32H,6,9-13,26H2,1-2H3,(H2,27,34)(H2,28,36)/t14-,15?,17?,18?,19+,20?,25?/m1/s1. The van der Waals surface area contributed by atoms with E-state index in [2.05, 4.69) is 0 Å². The lowest BCUT2D eigenvalue weighted by Crippen LogP contribution is -2.67. The first-order chi connectivity index (χ1) is 16.9. The Kier molecular flexibility index (Phi) is 8.50. The first-order valence-electron chi connectivity index (χ1n) is 12.3. The molecule has 2 aliphatic heterocycles. The van der Waals surface area contributed by atoms with E-state index in [4.69, 9.17) is 17.2 Å². The van der Waals surface area contributed by atoms with Crippen LogP contribution in [-0.2, 0) is 25.6 Å². The Morgan fingerprint density at radius 2 is 1.67 bits per heavy atom. The molecule has 3 amide bonds. The number of benzene rings is 1. The van der Waals surface area contributed by atoms with Crippen LogP contribution in [0.1, 0.15) is 45.1 Å². The average molecular weight is 504 g/mol. The summed E-state index contributed by atoms with van der Waals surface area (Å²) in [5, 5.41) is 20.3. The molecule has 2 fully saturated rings. The van der Waals surface area contributed by atoms with Crippen molar-refractivity contribution >= 4 is 23.5 Å². The van der Waals surface area contributed by atoms with Crippen LogP contribution in [0.4, 0.5) is 0 Å². The van der Waals surface area contributed by atoms with Crippen LogP contribution in [-0.4, -0.2) is 92.0 Å². The van der Waals surface area contributed by atoms with Crippen molar-refractivity contribution < 1.29 is 29.4 Å². The number of likely N-dealkylation sites (tertiary alicyclic amines) is 2. The van der Waals surface area contributed by atoms with Crippen molar-refractivity contribution in [2.24, 2.45) is 17.2 Å². The Bertz CT molecular complexity index is 986. The summed E-state index contributed by atoms with van der Waals surface area (Å²) in [5.41, 5.74) is 16.8. The zero-order valence-corrected chi connectivity index (χ0v) is 20.7. The van der Waals surface area contributed by atoms with Crippen molar-refractivity contribution in [3.8, 4) is 0 Å². The number of aliphatic hydroxyl groups is 2. The second kappa shape index (κ2) is 11.0. The summed E-state index contributed by atoms with van der Waals surface area (Å²) in [6, 6.07) is 4.68. The van der Waals surface area contributed by atoms with E-state index < -0.39 is 59.6 Å². The van der Waals surface area contributed by atoms with Crippen molar-refractivity contribution in [2.75, 3.05) is 6.54 Å². The summed E-state index contributed by atoms with van der Waals surface area (Å²) in [7, 11) is 0. The highest BCUT2D eigenvalue weighted by Crippen LogP contribution is 2.41. The third kappa shape index (κ3) is 5.15. The summed E-state index contributed by atoms with van der Waals surface area (Å²) < 4.78 is 0. The fraction of sp³-hybridized carbons (Fsp3) is 0.600. The molecule has 2 heterocycles. The van der Waals surface area contributed by atoms with Crippen molar-refractivity contribution in [1.29, 1.82) is 0 Å².